The Balaban J connectivity index is 1.22. The standard InChI is InChI=1S/C31H27F2N3O5/c1-35(23-15-20-5-2-3-6-21(20)16-23)30(38)19-36(31(39)28-7-4-14-40-28)18-29(37)34-22-8-10-24(11-9-22)41-25-12-13-26(32)27(33)17-25/h2-14,17,23H,15-16,18-19H2,1H3,(H,34,37). The SMILES string of the molecule is CN(C(=O)CN(CC(=O)Nc1ccc(Oc2ccc(F)c(F)c2)cc1)C(=O)c1ccco1)C1Cc2ccccc2C1. The number of furan rings is 1. The topological polar surface area (TPSA) is 92.1 Å². The van der Waals surface area contributed by atoms with Crippen molar-refractivity contribution in [1.29, 1.82) is 0 Å². The fraction of sp³-hybridized carbons (Fsp3) is 0.194. The van der Waals surface area contributed by atoms with Gasteiger partial charge in [-0.1, -0.05) is 24.3 Å². The molecule has 1 aromatic heterocycles. The Morgan fingerprint density at radius 1 is 0.878 bits per heavy atom. The minimum Gasteiger partial charge on any atom is -0.459 e. The van der Waals surface area contributed by atoms with Crippen molar-refractivity contribution in [2.45, 2.75) is 18.9 Å². The Labute approximate surface area is 235 Å². The normalized spacial score (nSPS) is 12.5. The van der Waals surface area contributed by atoms with Crippen molar-refractivity contribution in [2.24, 2.45) is 0 Å². The molecule has 0 saturated carbocycles. The number of halogens is 2. The number of amides is 3. The largest absolute Gasteiger partial charge is 0.459 e. The molecule has 0 aliphatic heterocycles. The summed E-state index contributed by atoms with van der Waals surface area (Å²) >= 11 is 0. The van der Waals surface area contributed by atoms with Crippen molar-refractivity contribution in [3.05, 3.63) is 114 Å². The summed E-state index contributed by atoms with van der Waals surface area (Å²) in [7, 11) is 1.71. The van der Waals surface area contributed by atoms with Gasteiger partial charge in [0.2, 0.25) is 11.8 Å². The molecule has 0 unspecified atom stereocenters. The fourth-order valence-electron chi connectivity index (χ4n) is 4.70. The van der Waals surface area contributed by atoms with Crippen molar-refractivity contribution < 1.29 is 32.3 Å². The molecule has 3 amide bonds. The number of hydrogen-bond acceptors (Lipinski definition) is 5. The van der Waals surface area contributed by atoms with Crippen LogP contribution in [0.1, 0.15) is 21.7 Å². The van der Waals surface area contributed by atoms with Crippen LogP contribution in [-0.2, 0) is 22.4 Å². The van der Waals surface area contributed by atoms with Crippen LogP contribution in [0.15, 0.2) is 89.5 Å². The minimum absolute atomic E-state index is 0.0141. The lowest BCUT2D eigenvalue weighted by Gasteiger charge is -2.28. The number of ether oxygens (including phenoxy) is 1. The van der Waals surface area contributed by atoms with Gasteiger partial charge in [0.25, 0.3) is 5.91 Å². The lowest BCUT2D eigenvalue weighted by atomic mass is 10.1. The monoisotopic (exact) mass is 559 g/mol. The number of benzene rings is 3. The fourth-order valence-corrected chi connectivity index (χ4v) is 4.70. The molecule has 8 nitrogen and oxygen atoms in total. The second-order valence-electron chi connectivity index (χ2n) is 9.72. The van der Waals surface area contributed by atoms with E-state index in [2.05, 4.69) is 5.32 Å². The molecule has 1 aliphatic carbocycles. The number of hydrogen-bond donors (Lipinski definition) is 1. The van der Waals surface area contributed by atoms with Gasteiger partial charge in [0.15, 0.2) is 17.4 Å². The van der Waals surface area contributed by atoms with E-state index in [1.54, 1.807) is 42.3 Å². The molecule has 10 heteroatoms. The first-order valence-electron chi connectivity index (χ1n) is 12.9. The molecule has 0 fully saturated rings. The Morgan fingerprint density at radius 2 is 1.56 bits per heavy atom. The summed E-state index contributed by atoms with van der Waals surface area (Å²) in [6.07, 6.45) is 2.79. The molecule has 41 heavy (non-hydrogen) atoms. The number of nitrogens with zero attached hydrogens (tertiary/aromatic N) is 2. The number of likely N-dealkylation sites (N-methyl/N-ethyl adjacent to an activating group) is 1. The first-order valence-corrected chi connectivity index (χ1v) is 12.9. The summed E-state index contributed by atoms with van der Waals surface area (Å²) in [4.78, 5) is 42.1. The van der Waals surface area contributed by atoms with Gasteiger partial charge < -0.3 is 24.3 Å². The average Bonchev–Trinajstić information content (AvgIpc) is 3.65. The molecule has 4 aromatic rings. The first kappa shape index (κ1) is 27.6. The van der Waals surface area contributed by atoms with Gasteiger partial charge in [-0.05, 0) is 72.5 Å². The van der Waals surface area contributed by atoms with Gasteiger partial charge in [0.05, 0.1) is 6.26 Å². The van der Waals surface area contributed by atoms with E-state index >= 15 is 0 Å². The summed E-state index contributed by atoms with van der Waals surface area (Å²) < 4.78 is 37.3. The maximum atomic E-state index is 13.4. The van der Waals surface area contributed by atoms with Gasteiger partial charge in [-0.3, -0.25) is 14.4 Å². The zero-order valence-electron chi connectivity index (χ0n) is 22.2. The Kier molecular flexibility index (Phi) is 8.09. The van der Waals surface area contributed by atoms with Crippen molar-refractivity contribution >= 4 is 23.4 Å². The number of anilines is 1. The highest BCUT2D eigenvalue weighted by atomic mass is 19.2. The Bertz CT molecular complexity index is 1530. The maximum Gasteiger partial charge on any atom is 0.290 e. The third kappa shape index (κ3) is 6.60. The van der Waals surface area contributed by atoms with E-state index in [1.165, 1.54) is 29.5 Å². The van der Waals surface area contributed by atoms with Crippen LogP contribution < -0.4 is 10.1 Å². The van der Waals surface area contributed by atoms with E-state index in [0.717, 1.165) is 29.9 Å². The molecule has 0 radical (unpaired) electrons. The molecule has 1 heterocycles. The number of carbonyl (C=O) groups excluding carboxylic acids is 3. The summed E-state index contributed by atoms with van der Waals surface area (Å²) in [6, 6.07) is 20.4. The summed E-state index contributed by atoms with van der Waals surface area (Å²) in [5, 5.41) is 2.70. The molecular weight excluding hydrogens is 532 g/mol. The van der Waals surface area contributed by atoms with Gasteiger partial charge in [-0.15, -0.1) is 0 Å². The van der Waals surface area contributed by atoms with Crippen LogP contribution in [0.2, 0.25) is 0 Å². The average molecular weight is 560 g/mol. The van der Waals surface area contributed by atoms with Gasteiger partial charge in [-0.25, -0.2) is 8.78 Å². The second kappa shape index (κ2) is 12.0. The summed E-state index contributed by atoms with van der Waals surface area (Å²) in [6.45, 7) is -0.700. The zero-order chi connectivity index (χ0) is 28.9. The van der Waals surface area contributed by atoms with Crippen LogP contribution in [-0.4, -0.2) is 53.7 Å². The van der Waals surface area contributed by atoms with Crippen molar-refractivity contribution in [3.8, 4) is 11.5 Å². The quantitative estimate of drug-likeness (QED) is 0.310. The molecular formula is C31H27F2N3O5. The molecule has 5 rings (SSSR count). The van der Waals surface area contributed by atoms with Crippen molar-refractivity contribution in [2.75, 3.05) is 25.5 Å². The second-order valence-corrected chi connectivity index (χ2v) is 9.72. The van der Waals surface area contributed by atoms with E-state index < -0.39 is 30.0 Å². The molecule has 0 saturated heterocycles. The Hall–Kier alpha value is -4.99. The van der Waals surface area contributed by atoms with E-state index in [4.69, 9.17) is 9.15 Å². The van der Waals surface area contributed by atoms with Gasteiger partial charge in [0.1, 0.15) is 24.6 Å². The number of rotatable bonds is 9. The van der Waals surface area contributed by atoms with Crippen LogP contribution in [0.4, 0.5) is 14.5 Å². The van der Waals surface area contributed by atoms with E-state index in [0.29, 0.717) is 11.4 Å². The highest BCUT2D eigenvalue weighted by Gasteiger charge is 2.30. The lowest BCUT2D eigenvalue weighted by Crippen LogP contribution is -2.47. The highest BCUT2D eigenvalue weighted by molar-refractivity contribution is 5.99. The van der Waals surface area contributed by atoms with Gasteiger partial charge >= 0.3 is 0 Å². The predicted molar refractivity (Wildman–Crippen MR) is 147 cm³/mol. The lowest BCUT2D eigenvalue weighted by molar-refractivity contribution is -0.132. The molecule has 3 aromatic carbocycles. The molecule has 1 N–H and O–H groups in total. The number of carbonyl (C=O) groups is 3. The molecule has 1 aliphatic rings. The number of fused-ring (bicyclic) bond motifs is 1. The van der Waals surface area contributed by atoms with E-state index in [-0.39, 0.29) is 30.0 Å². The van der Waals surface area contributed by atoms with E-state index in [9.17, 15) is 23.2 Å². The summed E-state index contributed by atoms with van der Waals surface area (Å²) in [5.74, 6) is -2.95. The number of nitrogens with one attached hydrogen (secondary N) is 1. The molecule has 210 valence electrons. The van der Waals surface area contributed by atoms with Crippen LogP contribution in [0, 0.1) is 11.6 Å². The smallest absolute Gasteiger partial charge is 0.290 e. The zero-order valence-corrected chi connectivity index (χ0v) is 22.2. The Morgan fingerprint density at radius 3 is 2.20 bits per heavy atom. The van der Waals surface area contributed by atoms with Gasteiger partial charge in [0, 0.05) is 24.8 Å². The van der Waals surface area contributed by atoms with Crippen molar-refractivity contribution in [3.63, 3.8) is 0 Å². The third-order valence-electron chi connectivity index (χ3n) is 6.92. The summed E-state index contributed by atoms with van der Waals surface area (Å²) in [5.41, 5.74) is 2.80. The maximum absolute atomic E-state index is 13.4. The molecule has 0 atom stereocenters. The minimum atomic E-state index is -1.03. The van der Waals surface area contributed by atoms with Crippen LogP contribution in [0.5, 0.6) is 11.5 Å². The van der Waals surface area contributed by atoms with Crippen LogP contribution in [0.25, 0.3) is 0 Å². The van der Waals surface area contributed by atoms with E-state index in [1.807, 2.05) is 24.3 Å². The van der Waals surface area contributed by atoms with Crippen LogP contribution >= 0.6 is 0 Å². The molecule has 0 spiro atoms. The molecule has 0 bridgehead atoms. The predicted octanol–water partition coefficient (Wildman–Crippen LogP) is 5.06. The van der Waals surface area contributed by atoms with Crippen LogP contribution in [0.3, 0.4) is 0 Å². The third-order valence-corrected chi connectivity index (χ3v) is 6.92. The highest BCUT2D eigenvalue weighted by Crippen LogP contribution is 2.26. The van der Waals surface area contributed by atoms with Gasteiger partial charge in [-0.2, -0.15) is 0 Å². The van der Waals surface area contributed by atoms with Crippen molar-refractivity contribution in [1.82, 2.24) is 9.80 Å². The first-order chi connectivity index (χ1) is 19.8.